The second kappa shape index (κ2) is 8.99. The summed E-state index contributed by atoms with van der Waals surface area (Å²) in [4.78, 5) is 0. The van der Waals surface area contributed by atoms with Crippen LogP contribution >= 0.6 is 10.5 Å². The van der Waals surface area contributed by atoms with E-state index in [0.29, 0.717) is 23.4 Å². The van der Waals surface area contributed by atoms with Gasteiger partial charge in [0.25, 0.3) is 0 Å². The first kappa shape index (κ1) is 24.2. The van der Waals surface area contributed by atoms with E-state index in [1.54, 1.807) is 30.3 Å². The molecule has 0 fully saturated rings. The first-order valence-electron chi connectivity index (χ1n) is 8.68. The predicted molar refractivity (Wildman–Crippen MR) is 106 cm³/mol. The molecule has 30 heavy (non-hydrogen) atoms. The number of hydrogen-bond donors (Lipinski definition) is 1. The molecule has 1 N–H and O–H groups in total. The molecular formula is C20H21F6NO2S. The van der Waals surface area contributed by atoms with Crippen molar-refractivity contribution in [3.05, 3.63) is 70.8 Å². The Bertz CT molecular complexity index is 857. The molecule has 166 valence electrons. The van der Waals surface area contributed by atoms with Crippen LogP contribution in [0, 0.1) is 0 Å². The zero-order valence-corrected chi connectivity index (χ0v) is 17.2. The van der Waals surface area contributed by atoms with Crippen molar-refractivity contribution in [2.45, 2.75) is 25.4 Å². The Labute approximate surface area is 172 Å². The zero-order valence-electron chi connectivity index (χ0n) is 16.4. The van der Waals surface area contributed by atoms with Crippen LogP contribution in [0.1, 0.15) is 35.3 Å². The summed E-state index contributed by atoms with van der Waals surface area (Å²) in [5.41, 5.74) is -2.10. The molecule has 0 radical (unpaired) electrons. The molecule has 10 heteroatoms. The van der Waals surface area contributed by atoms with Crippen molar-refractivity contribution in [3.63, 3.8) is 0 Å². The molecule has 0 unspecified atom stereocenters. The second-order valence-electron chi connectivity index (χ2n) is 6.92. The Hall–Kier alpha value is -2.04. The SMILES string of the molecule is C[C@@H](OCC(=NS(C)(C)O)c1ccccc1)c1cc(C(F)(F)F)cc(C(F)(F)F)c1. The van der Waals surface area contributed by atoms with Gasteiger partial charge in [-0.3, -0.25) is 0 Å². The number of ether oxygens (including phenoxy) is 1. The van der Waals surface area contributed by atoms with Crippen LogP contribution in [0.3, 0.4) is 0 Å². The van der Waals surface area contributed by atoms with E-state index in [0.717, 1.165) is 0 Å². The third-order valence-electron chi connectivity index (χ3n) is 3.99. The quantitative estimate of drug-likeness (QED) is 0.389. The smallest absolute Gasteiger partial charge is 0.367 e. The Balaban J connectivity index is 2.34. The van der Waals surface area contributed by atoms with E-state index < -0.39 is 40.1 Å². The molecule has 3 nitrogen and oxygen atoms in total. The highest BCUT2D eigenvalue weighted by atomic mass is 32.3. The Morgan fingerprint density at radius 3 is 1.90 bits per heavy atom. The molecule has 0 aliphatic heterocycles. The number of benzene rings is 2. The molecule has 2 aromatic rings. The molecule has 0 amide bonds. The highest BCUT2D eigenvalue weighted by Gasteiger charge is 2.37. The average molecular weight is 453 g/mol. The summed E-state index contributed by atoms with van der Waals surface area (Å²) in [6.07, 6.45) is -7.92. The lowest BCUT2D eigenvalue weighted by Gasteiger charge is -2.22. The lowest BCUT2D eigenvalue weighted by molar-refractivity contribution is -0.143. The maximum Gasteiger partial charge on any atom is 0.416 e. The fourth-order valence-electron chi connectivity index (χ4n) is 2.58. The topological polar surface area (TPSA) is 41.8 Å². The van der Waals surface area contributed by atoms with Crippen molar-refractivity contribution in [2.75, 3.05) is 19.1 Å². The van der Waals surface area contributed by atoms with Crippen LogP contribution in [0.2, 0.25) is 0 Å². The summed E-state index contributed by atoms with van der Waals surface area (Å²) in [5, 5.41) is 0. The zero-order chi connectivity index (χ0) is 22.7. The third kappa shape index (κ3) is 7.03. The summed E-state index contributed by atoms with van der Waals surface area (Å²) in [5.74, 6) is 0. The molecule has 0 spiro atoms. The Morgan fingerprint density at radius 2 is 1.47 bits per heavy atom. The number of hydrogen-bond acceptors (Lipinski definition) is 3. The van der Waals surface area contributed by atoms with E-state index in [-0.39, 0.29) is 18.2 Å². The fourth-order valence-corrected chi connectivity index (χ4v) is 3.27. The van der Waals surface area contributed by atoms with Gasteiger partial charge in [-0.1, -0.05) is 30.3 Å². The second-order valence-corrected chi connectivity index (χ2v) is 9.54. The van der Waals surface area contributed by atoms with Crippen LogP contribution in [0.4, 0.5) is 26.3 Å². The van der Waals surface area contributed by atoms with Gasteiger partial charge in [0.2, 0.25) is 0 Å². The van der Waals surface area contributed by atoms with Crippen LogP contribution in [0.5, 0.6) is 0 Å². The molecule has 0 heterocycles. The van der Waals surface area contributed by atoms with Crippen molar-refractivity contribution >= 4 is 16.2 Å². The van der Waals surface area contributed by atoms with Crippen LogP contribution < -0.4 is 0 Å². The molecule has 0 saturated carbocycles. The number of rotatable bonds is 6. The summed E-state index contributed by atoms with van der Waals surface area (Å²) in [6, 6.07) is 10.0. The number of alkyl halides is 6. The van der Waals surface area contributed by atoms with Crippen LogP contribution in [-0.4, -0.2) is 29.4 Å². The number of nitrogens with zero attached hydrogens (tertiary/aromatic N) is 1. The largest absolute Gasteiger partial charge is 0.416 e. The van der Waals surface area contributed by atoms with Crippen LogP contribution in [0.15, 0.2) is 52.9 Å². The van der Waals surface area contributed by atoms with Gasteiger partial charge in [-0.25, -0.2) is 4.40 Å². The Morgan fingerprint density at radius 1 is 0.967 bits per heavy atom. The first-order chi connectivity index (χ1) is 13.7. The third-order valence-corrected chi connectivity index (χ3v) is 4.66. The van der Waals surface area contributed by atoms with Gasteiger partial charge in [0.1, 0.15) is 0 Å². The van der Waals surface area contributed by atoms with Gasteiger partial charge >= 0.3 is 12.4 Å². The minimum atomic E-state index is -4.93. The van der Waals surface area contributed by atoms with E-state index >= 15 is 0 Å². The predicted octanol–water partition coefficient (Wildman–Crippen LogP) is 6.74. The maximum absolute atomic E-state index is 13.1. The molecule has 2 aromatic carbocycles. The van der Waals surface area contributed by atoms with Crippen molar-refractivity contribution in [1.29, 1.82) is 0 Å². The maximum atomic E-state index is 13.1. The van der Waals surface area contributed by atoms with Crippen molar-refractivity contribution < 1.29 is 35.6 Å². The summed E-state index contributed by atoms with van der Waals surface area (Å²) >= 11 is 0. The van der Waals surface area contributed by atoms with Crippen LogP contribution in [-0.2, 0) is 17.1 Å². The fraction of sp³-hybridized carbons (Fsp3) is 0.350. The summed E-state index contributed by atoms with van der Waals surface area (Å²) in [6.45, 7) is 1.15. The van der Waals surface area contributed by atoms with Gasteiger partial charge in [0, 0.05) is 12.5 Å². The van der Waals surface area contributed by atoms with Crippen molar-refractivity contribution in [1.82, 2.24) is 0 Å². The number of halogens is 6. The van der Waals surface area contributed by atoms with Gasteiger partial charge in [-0.2, -0.15) is 26.3 Å². The van der Waals surface area contributed by atoms with Crippen molar-refractivity contribution in [3.8, 4) is 0 Å². The molecule has 0 aliphatic rings. The summed E-state index contributed by atoms with van der Waals surface area (Å²) in [7, 11) is -2.33. The lowest BCUT2D eigenvalue weighted by atomic mass is 10.0. The van der Waals surface area contributed by atoms with Gasteiger partial charge in [-0.15, -0.1) is 0 Å². The van der Waals surface area contributed by atoms with Gasteiger partial charge < -0.3 is 9.29 Å². The van der Waals surface area contributed by atoms with Crippen molar-refractivity contribution in [2.24, 2.45) is 4.40 Å². The minimum absolute atomic E-state index is 0.0741. The van der Waals surface area contributed by atoms with Gasteiger partial charge in [0.05, 0.1) is 29.5 Å². The lowest BCUT2D eigenvalue weighted by Crippen LogP contribution is -2.16. The minimum Gasteiger partial charge on any atom is -0.367 e. The molecule has 1 atom stereocenters. The van der Waals surface area contributed by atoms with E-state index in [1.807, 2.05) is 0 Å². The molecule has 0 saturated heterocycles. The highest BCUT2D eigenvalue weighted by Crippen LogP contribution is 2.39. The first-order valence-corrected chi connectivity index (χ1v) is 11.0. The molecular weight excluding hydrogens is 432 g/mol. The van der Waals surface area contributed by atoms with Crippen LogP contribution in [0.25, 0.3) is 0 Å². The molecule has 0 aromatic heterocycles. The molecule has 0 aliphatic carbocycles. The van der Waals surface area contributed by atoms with E-state index in [4.69, 9.17) is 4.74 Å². The highest BCUT2D eigenvalue weighted by molar-refractivity contribution is 8.27. The van der Waals surface area contributed by atoms with E-state index in [1.165, 1.54) is 19.4 Å². The Kier molecular flexibility index (Phi) is 7.26. The van der Waals surface area contributed by atoms with E-state index in [2.05, 4.69) is 4.40 Å². The standard InChI is InChI=1S/C20H21F6NO2S/c1-13(15-9-16(19(21,22)23)11-17(10-15)20(24,25)26)29-12-18(27-30(2,3)28)14-7-5-4-6-8-14/h4-11,13,28H,12H2,1-3H3/t13-/m1/s1. The van der Waals surface area contributed by atoms with E-state index in [9.17, 15) is 30.9 Å². The van der Waals surface area contributed by atoms with Gasteiger partial charge in [0.15, 0.2) is 0 Å². The van der Waals surface area contributed by atoms with Gasteiger partial charge in [-0.05, 0) is 46.7 Å². The molecule has 2 rings (SSSR count). The summed E-state index contributed by atoms with van der Waals surface area (Å²) < 4.78 is 98.3. The normalized spacial score (nSPS) is 15.2. The monoisotopic (exact) mass is 453 g/mol. The molecule has 0 bridgehead atoms. The average Bonchev–Trinajstić information content (AvgIpc) is 2.63.